The first kappa shape index (κ1) is 23.9. The monoisotopic (exact) mass is 425 g/mol. The zero-order valence-electron chi connectivity index (χ0n) is 16.3. The van der Waals surface area contributed by atoms with Crippen molar-refractivity contribution in [3.05, 3.63) is 29.8 Å². The summed E-state index contributed by atoms with van der Waals surface area (Å²) in [5.41, 5.74) is 0.935. The molecule has 0 aliphatic carbocycles. The number of rotatable bonds is 12. The molecular weight excluding hydrogens is 398 g/mol. The number of nitrogens with zero attached hydrogens (tertiary/aromatic N) is 2. The number of carbonyl (C=O) groups is 2. The van der Waals surface area contributed by atoms with Gasteiger partial charge in [-0.3, -0.25) is 9.00 Å². The van der Waals surface area contributed by atoms with Crippen LogP contribution in [-0.4, -0.2) is 64.5 Å². The fourth-order valence-corrected chi connectivity index (χ4v) is 3.34. The number of carbonyl (C=O) groups excluding carboxylic acids is 2. The molecule has 0 aliphatic rings. The quantitative estimate of drug-likeness (QED) is 0.316. The van der Waals surface area contributed by atoms with Crippen LogP contribution in [0.4, 0.5) is 4.79 Å². The van der Waals surface area contributed by atoms with E-state index in [1.807, 2.05) is 13.0 Å². The maximum absolute atomic E-state index is 11.9. The van der Waals surface area contributed by atoms with Crippen LogP contribution in [0.2, 0.25) is 0 Å². The van der Waals surface area contributed by atoms with E-state index in [4.69, 9.17) is 4.74 Å². The maximum atomic E-state index is 11.9. The molecule has 28 heavy (non-hydrogen) atoms. The molecule has 0 aliphatic heterocycles. The molecule has 9 heteroatoms. The normalized spacial score (nSPS) is 11.2. The van der Waals surface area contributed by atoms with Gasteiger partial charge in [0, 0.05) is 43.2 Å². The third-order valence-electron chi connectivity index (χ3n) is 3.87. The van der Waals surface area contributed by atoms with E-state index in [0.717, 1.165) is 18.4 Å². The van der Waals surface area contributed by atoms with Gasteiger partial charge in [0.05, 0.1) is 5.16 Å². The molecule has 2 amide bonds. The van der Waals surface area contributed by atoms with E-state index in [-0.39, 0.29) is 11.7 Å². The Bertz CT molecular complexity index is 721. The summed E-state index contributed by atoms with van der Waals surface area (Å²) in [5, 5.41) is 5.06. The van der Waals surface area contributed by atoms with E-state index in [9.17, 15) is 13.8 Å². The molecule has 1 rings (SSSR count). The molecule has 0 spiro atoms. The Kier molecular flexibility index (Phi) is 12.0. The van der Waals surface area contributed by atoms with Crippen LogP contribution in [0.15, 0.2) is 29.3 Å². The summed E-state index contributed by atoms with van der Waals surface area (Å²) in [6, 6.07) is 7.18. The SMILES string of the molecule is CCN(C)C(=O)Oc1cccc(CCNC(=O)CS(=O)CCCCN=C=S)c1. The molecule has 1 aromatic rings. The summed E-state index contributed by atoms with van der Waals surface area (Å²) in [7, 11) is 0.484. The number of hydrogen-bond donors (Lipinski definition) is 1. The highest BCUT2D eigenvalue weighted by Crippen LogP contribution is 2.14. The zero-order valence-corrected chi connectivity index (χ0v) is 17.9. The lowest BCUT2D eigenvalue weighted by atomic mass is 10.1. The first-order valence-corrected chi connectivity index (χ1v) is 11.0. The Morgan fingerprint density at radius 3 is 2.86 bits per heavy atom. The van der Waals surface area contributed by atoms with Crippen molar-refractivity contribution in [2.24, 2.45) is 4.99 Å². The fraction of sp³-hybridized carbons (Fsp3) is 0.526. The summed E-state index contributed by atoms with van der Waals surface area (Å²) >= 11 is 4.47. The van der Waals surface area contributed by atoms with Crippen LogP contribution >= 0.6 is 12.2 Å². The largest absolute Gasteiger partial charge is 0.414 e. The second kappa shape index (κ2) is 14.0. The van der Waals surface area contributed by atoms with Crippen molar-refractivity contribution in [1.29, 1.82) is 0 Å². The average Bonchev–Trinajstić information content (AvgIpc) is 2.67. The van der Waals surface area contributed by atoms with Crippen molar-refractivity contribution in [2.75, 3.05) is 38.2 Å². The molecule has 1 N–H and O–H groups in total. The van der Waals surface area contributed by atoms with Crippen molar-refractivity contribution in [2.45, 2.75) is 26.2 Å². The van der Waals surface area contributed by atoms with Crippen LogP contribution in [0.3, 0.4) is 0 Å². The molecule has 0 radical (unpaired) electrons. The molecule has 0 fully saturated rings. The standard InChI is InChI=1S/C19H27N3O4S2/c1-3-22(2)19(24)26-17-8-6-7-16(13-17)9-11-21-18(23)14-28(25)12-5-4-10-20-15-27/h6-8,13H,3-5,9-12,14H2,1-2H3,(H,21,23). The lowest BCUT2D eigenvalue weighted by Crippen LogP contribution is -2.30. The Labute approximate surface area is 174 Å². The summed E-state index contributed by atoms with van der Waals surface area (Å²) < 4.78 is 17.2. The van der Waals surface area contributed by atoms with E-state index in [1.54, 1.807) is 25.2 Å². The molecule has 0 heterocycles. The molecular formula is C19H27N3O4S2. The summed E-state index contributed by atoms with van der Waals surface area (Å²) in [5.74, 6) is 0.702. The highest BCUT2D eigenvalue weighted by Gasteiger charge is 2.10. The smallest absolute Gasteiger partial charge is 0.410 e. The highest BCUT2D eigenvalue weighted by molar-refractivity contribution is 7.85. The van der Waals surface area contributed by atoms with E-state index >= 15 is 0 Å². The van der Waals surface area contributed by atoms with Crippen molar-refractivity contribution in [1.82, 2.24) is 10.2 Å². The first-order chi connectivity index (χ1) is 13.5. The number of nitrogens with one attached hydrogen (secondary N) is 1. The third kappa shape index (κ3) is 10.3. The molecule has 0 bridgehead atoms. The molecule has 0 saturated carbocycles. The second-order valence-electron chi connectivity index (χ2n) is 6.10. The fourth-order valence-electron chi connectivity index (χ4n) is 2.19. The third-order valence-corrected chi connectivity index (χ3v) is 5.33. The van der Waals surface area contributed by atoms with Crippen molar-refractivity contribution < 1.29 is 18.5 Å². The number of amides is 2. The van der Waals surface area contributed by atoms with Gasteiger partial charge in [0.15, 0.2) is 0 Å². The Morgan fingerprint density at radius 1 is 1.36 bits per heavy atom. The van der Waals surface area contributed by atoms with E-state index in [1.165, 1.54) is 4.90 Å². The van der Waals surface area contributed by atoms with Gasteiger partial charge in [-0.15, -0.1) is 0 Å². The Hall–Kier alpha value is -2.09. The molecule has 0 aromatic heterocycles. The Morgan fingerprint density at radius 2 is 2.14 bits per heavy atom. The van der Waals surface area contributed by atoms with E-state index in [2.05, 4.69) is 27.7 Å². The van der Waals surface area contributed by atoms with Gasteiger partial charge >= 0.3 is 6.09 Å². The van der Waals surface area contributed by atoms with Crippen LogP contribution in [0.5, 0.6) is 5.75 Å². The molecule has 1 aromatic carbocycles. The number of hydrogen-bond acceptors (Lipinski definition) is 6. The lowest BCUT2D eigenvalue weighted by molar-refractivity contribution is -0.118. The van der Waals surface area contributed by atoms with E-state index < -0.39 is 16.9 Å². The number of ether oxygens (including phenoxy) is 1. The maximum Gasteiger partial charge on any atom is 0.414 e. The van der Waals surface area contributed by atoms with Crippen molar-refractivity contribution in [3.63, 3.8) is 0 Å². The number of thiocarbonyl (C=S) groups is 1. The van der Waals surface area contributed by atoms with Crippen LogP contribution in [0, 0.1) is 0 Å². The minimum absolute atomic E-state index is 0.00254. The summed E-state index contributed by atoms with van der Waals surface area (Å²) in [6.45, 7) is 3.43. The number of benzene rings is 1. The van der Waals surface area contributed by atoms with Gasteiger partial charge in [-0.05, 0) is 56.1 Å². The number of aliphatic imine (C=N–C) groups is 1. The van der Waals surface area contributed by atoms with Crippen LogP contribution in [0.25, 0.3) is 0 Å². The molecule has 154 valence electrons. The van der Waals surface area contributed by atoms with Gasteiger partial charge in [0.25, 0.3) is 0 Å². The molecule has 7 nitrogen and oxygen atoms in total. The van der Waals surface area contributed by atoms with Crippen molar-refractivity contribution >= 4 is 40.2 Å². The minimum atomic E-state index is -1.18. The van der Waals surface area contributed by atoms with Gasteiger partial charge in [-0.2, -0.15) is 0 Å². The number of isothiocyanates is 1. The van der Waals surface area contributed by atoms with E-state index in [0.29, 0.717) is 37.6 Å². The second-order valence-corrected chi connectivity index (χ2v) is 7.86. The van der Waals surface area contributed by atoms with Gasteiger partial charge in [-0.1, -0.05) is 12.1 Å². The summed E-state index contributed by atoms with van der Waals surface area (Å²) in [6.07, 6.45) is 1.69. The molecule has 1 unspecified atom stereocenters. The van der Waals surface area contributed by atoms with Crippen LogP contribution in [0.1, 0.15) is 25.3 Å². The lowest BCUT2D eigenvalue weighted by Gasteiger charge is -2.14. The van der Waals surface area contributed by atoms with Gasteiger partial charge < -0.3 is 15.0 Å². The van der Waals surface area contributed by atoms with Crippen molar-refractivity contribution in [3.8, 4) is 5.75 Å². The predicted molar refractivity (Wildman–Crippen MR) is 114 cm³/mol. The zero-order chi connectivity index (χ0) is 20.8. The predicted octanol–water partition coefficient (Wildman–Crippen LogP) is 2.43. The van der Waals surface area contributed by atoms with Crippen LogP contribution in [-0.2, 0) is 22.0 Å². The summed E-state index contributed by atoms with van der Waals surface area (Å²) in [4.78, 5) is 28.9. The van der Waals surface area contributed by atoms with Gasteiger partial charge in [-0.25, -0.2) is 9.79 Å². The topological polar surface area (TPSA) is 88.1 Å². The van der Waals surface area contributed by atoms with Gasteiger partial charge in [0.1, 0.15) is 11.5 Å². The average molecular weight is 426 g/mol. The van der Waals surface area contributed by atoms with Crippen LogP contribution < -0.4 is 10.1 Å². The first-order valence-electron chi connectivity index (χ1n) is 9.13. The minimum Gasteiger partial charge on any atom is -0.410 e. The van der Waals surface area contributed by atoms with Gasteiger partial charge in [0.2, 0.25) is 5.91 Å². The molecule has 1 atom stereocenters. The number of unbranched alkanes of at least 4 members (excludes halogenated alkanes) is 1. The molecule has 0 saturated heterocycles. The highest BCUT2D eigenvalue weighted by atomic mass is 32.2. The Balaban J connectivity index is 2.32.